The van der Waals surface area contributed by atoms with Crippen molar-refractivity contribution in [2.24, 2.45) is 5.92 Å². The van der Waals surface area contributed by atoms with Gasteiger partial charge in [0.05, 0.1) is 6.61 Å². The Hall–Kier alpha value is -0.790. The lowest BCUT2D eigenvalue weighted by Gasteiger charge is -2.14. The summed E-state index contributed by atoms with van der Waals surface area (Å²) in [6.07, 6.45) is 10.00. The maximum atomic E-state index is 10.9. The van der Waals surface area contributed by atoms with Gasteiger partial charge in [-0.15, -0.1) is 0 Å². The Morgan fingerprint density at radius 3 is 2.50 bits per heavy atom. The van der Waals surface area contributed by atoms with Crippen molar-refractivity contribution in [1.82, 2.24) is 0 Å². The molecule has 0 radical (unpaired) electrons. The summed E-state index contributed by atoms with van der Waals surface area (Å²) in [4.78, 5) is 10.9. The Morgan fingerprint density at radius 1 is 1.25 bits per heavy atom. The van der Waals surface area contributed by atoms with E-state index < -0.39 is 0 Å². The van der Waals surface area contributed by atoms with E-state index in [1.807, 2.05) is 0 Å². The number of rotatable bonds is 10. The van der Waals surface area contributed by atoms with Crippen molar-refractivity contribution in [3.63, 3.8) is 0 Å². The van der Waals surface area contributed by atoms with Gasteiger partial charge in [-0.25, -0.2) is 4.79 Å². The molecule has 94 valence electrons. The fraction of sp³-hybridized carbons (Fsp3) is 0.786. The summed E-state index contributed by atoms with van der Waals surface area (Å²) in [7, 11) is 0. The first kappa shape index (κ1) is 15.2. The van der Waals surface area contributed by atoms with Crippen LogP contribution in [0, 0.1) is 5.92 Å². The number of hydrogen-bond acceptors (Lipinski definition) is 2. The third kappa shape index (κ3) is 8.51. The second-order valence-electron chi connectivity index (χ2n) is 4.31. The summed E-state index contributed by atoms with van der Waals surface area (Å²) >= 11 is 0. The quantitative estimate of drug-likeness (QED) is 0.318. The predicted octanol–water partition coefficient (Wildman–Crippen LogP) is 4.10. The molecule has 0 aliphatic rings. The predicted molar refractivity (Wildman–Crippen MR) is 68.3 cm³/mol. The van der Waals surface area contributed by atoms with E-state index in [1.165, 1.54) is 44.6 Å². The summed E-state index contributed by atoms with van der Waals surface area (Å²) < 4.78 is 5.07. The number of unbranched alkanes of at least 4 members (excludes halogenated alkanes) is 4. The fourth-order valence-electron chi connectivity index (χ4n) is 1.70. The van der Waals surface area contributed by atoms with Gasteiger partial charge < -0.3 is 4.74 Å². The number of ether oxygens (including phenoxy) is 1. The molecule has 0 bridgehead atoms. The molecule has 1 atom stereocenters. The number of carbonyl (C=O) groups excluding carboxylic acids is 1. The molecule has 0 aromatic rings. The van der Waals surface area contributed by atoms with E-state index in [4.69, 9.17) is 4.74 Å². The number of hydrogen-bond donors (Lipinski definition) is 0. The van der Waals surface area contributed by atoms with Crippen molar-refractivity contribution in [3.8, 4) is 0 Å². The topological polar surface area (TPSA) is 26.3 Å². The fourth-order valence-corrected chi connectivity index (χ4v) is 1.70. The van der Waals surface area contributed by atoms with Crippen molar-refractivity contribution >= 4 is 5.97 Å². The smallest absolute Gasteiger partial charge is 0.330 e. The molecule has 0 aliphatic heterocycles. The normalized spacial score (nSPS) is 12.1. The van der Waals surface area contributed by atoms with Crippen molar-refractivity contribution in [2.45, 2.75) is 58.8 Å². The second-order valence-corrected chi connectivity index (χ2v) is 4.31. The minimum absolute atomic E-state index is 0.301. The molecule has 2 heteroatoms. The summed E-state index contributed by atoms with van der Waals surface area (Å²) in [5.74, 6) is 0.218. The maximum absolute atomic E-state index is 10.9. The molecule has 1 unspecified atom stereocenters. The van der Waals surface area contributed by atoms with Crippen molar-refractivity contribution in [1.29, 1.82) is 0 Å². The van der Waals surface area contributed by atoms with E-state index in [0.29, 0.717) is 12.5 Å². The van der Waals surface area contributed by atoms with Crippen LogP contribution < -0.4 is 0 Å². The summed E-state index contributed by atoms with van der Waals surface area (Å²) in [5, 5.41) is 0. The van der Waals surface area contributed by atoms with Crippen LogP contribution in [0.2, 0.25) is 0 Å². The van der Waals surface area contributed by atoms with Crippen LogP contribution in [0.15, 0.2) is 12.7 Å². The molecule has 0 fully saturated rings. The Kier molecular flexibility index (Phi) is 10.2. The van der Waals surface area contributed by atoms with E-state index in [2.05, 4.69) is 20.4 Å². The monoisotopic (exact) mass is 226 g/mol. The molecular weight excluding hydrogens is 200 g/mol. The van der Waals surface area contributed by atoms with Crippen LogP contribution in [0.25, 0.3) is 0 Å². The Bertz CT molecular complexity index is 187. The molecule has 0 saturated carbocycles. The molecule has 2 nitrogen and oxygen atoms in total. The molecular formula is C14H26O2. The molecule has 0 N–H and O–H groups in total. The average molecular weight is 226 g/mol. The number of esters is 1. The zero-order chi connectivity index (χ0) is 12.2. The highest BCUT2D eigenvalue weighted by Gasteiger charge is 2.08. The van der Waals surface area contributed by atoms with Crippen molar-refractivity contribution in [3.05, 3.63) is 12.7 Å². The summed E-state index contributed by atoms with van der Waals surface area (Å²) in [5.41, 5.74) is 0. The molecule has 0 rings (SSSR count). The Balaban J connectivity index is 3.51. The standard InChI is InChI=1S/C14H26O2/c1-4-7-8-9-10-11-13(5-2)12-16-14(15)6-3/h6,13H,3-5,7-12H2,1-2H3. The average Bonchev–Trinajstić information content (AvgIpc) is 2.32. The van der Waals surface area contributed by atoms with Gasteiger partial charge in [0.2, 0.25) is 0 Å². The molecule has 0 amide bonds. The van der Waals surface area contributed by atoms with Gasteiger partial charge in [0.25, 0.3) is 0 Å². The van der Waals surface area contributed by atoms with Crippen LogP contribution in [0.4, 0.5) is 0 Å². The highest BCUT2D eigenvalue weighted by Crippen LogP contribution is 2.15. The lowest BCUT2D eigenvalue weighted by atomic mass is 9.99. The molecule has 0 heterocycles. The summed E-state index contributed by atoms with van der Waals surface area (Å²) in [6.45, 7) is 8.31. The molecule has 0 aromatic heterocycles. The van der Waals surface area contributed by atoms with Crippen LogP contribution in [0.1, 0.15) is 58.8 Å². The van der Waals surface area contributed by atoms with Gasteiger partial charge in [0.15, 0.2) is 0 Å². The lowest BCUT2D eigenvalue weighted by molar-refractivity contribution is -0.139. The second kappa shape index (κ2) is 10.7. The van der Waals surface area contributed by atoms with Crippen molar-refractivity contribution in [2.75, 3.05) is 6.61 Å². The van der Waals surface area contributed by atoms with E-state index >= 15 is 0 Å². The van der Waals surface area contributed by atoms with Crippen LogP contribution in [0.3, 0.4) is 0 Å². The van der Waals surface area contributed by atoms with Crippen molar-refractivity contribution < 1.29 is 9.53 Å². The Labute approximate surface area is 100 Å². The lowest BCUT2D eigenvalue weighted by Crippen LogP contribution is -2.12. The molecule has 0 aromatic carbocycles. The van der Waals surface area contributed by atoms with Gasteiger partial charge in [-0.05, 0) is 12.3 Å². The van der Waals surface area contributed by atoms with E-state index in [1.54, 1.807) is 0 Å². The highest BCUT2D eigenvalue weighted by molar-refractivity contribution is 5.81. The zero-order valence-electron chi connectivity index (χ0n) is 10.8. The largest absolute Gasteiger partial charge is 0.462 e. The van der Waals surface area contributed by atoms with Crippen LogP contribution in [0.5, 0.6) is 0 Å². The van der Waals surface area contributed by atoms with E-state index in [0.717, 1.165) is 6.42 Å². The van der Waals surface area contributed by atoms with E-state index in [9.17, 15) is 4.79 Å². The first-order valence-electron chi connectivity index (χ1n) is 6.53. The summed E-state index contributed by atoms with van der Waals surface area (Å²) in [6, 6.07) is 0. The SMILES string of the molecule is C=CC(=O)OCC(CC)CCCCCCC. The van der Waals surface area contributed by atoms with Gasteiger partial charge in [-0.3, -0.25) is 0 Å². The van der Waals surface area contributed by atoms with Gasteiger partial charge in [0, 0.05) is 6.08 Å². The molecule has 0 aliphatic carbocycles. The molecule has 0 saturated heterocycles. The zero-order valence-corrected chi connectivity index (χ0v) is 10.8. The Morgan fingerprint density at radius 2 is 1.94 bits per heavy atom. The third-order valence-corrected chi connectivity index (χ3v) is 2.92. The van der Waals surface area contributed by atoms with Crippen LogP contribution in [-0.2, 0) is 9.53 Å². The van der Waals surface area contributed by atoms with Gasteiger partial charge in [-0.2, -0.15) is 0 Å². The first-order chi connectivity index (χ1) is 7.74. The van der Waals surface area contributed by atoms with Gasteiger partial charge in [-0.1, -0.05) is 59.0 Å². The van der Waals surface area contributed by atoms with Gasteiger partial charge in [0.1, 0.15) is 0 Å². The first-order valence-corrected chi connectivity index (χ1v) is 6.53. The van der Waals surface area contributed by atoms with Crippen LogP contribution >= 0.6 is 0 Å². The minimum Gasteiger partial charge on any atom is -0.462 e. The van der Waals surface area contributed by atoms with Crippen LogP contribution in [-0.4, -0.2) is 12.6 Å². The third-order valence-electron chi connectivity index (χ3n) is 2.92. The highest BCUT2D eigenvalue weighted by atomic mass is 16.5. The minimum atomic E-state index is -0.301. The maximum Gasteiger partial charge on any atom is 0.330 e. The van der Waals surface area contributed by atoms with E-state index in [-0.39, 0.29) is 5.97 Å². The number of carbonyl (C=O) groups is 1. The van der Waals surface area contributed by atoms with Gasteiger partial charge >= 0.3 is 5.97 Å². The molecule has 16 heavy (non-hydrogen) atoms. The molecule has 0 spiro atoms.